The number of aromatic nitrogens is 1. The van der Waals surface area contributed by atoms with Gasteiger partial charge in [0, 0.05) is 16.8 Å². The van der Waals surface area contributed by atoms with Crippen molar-refractivity contribution in [3.05, 3.63) is 33.5 Å². The molecule has 5 nitrogen and oxygen atoms in total. The second-order valence-corrected chi connectivity index (χ2v) is 7.67. The summed E-state index contributed by atoms with van der Waals surface area (Å²) in [5, 5.41) is 6.76. The van der Waals surface area contributed by atoms with Gasteiger partial charge in [0.25, 0.3) is 0 Å². The lowest BCUT2D eigenvalue weighted by Gasteiger charge is -2.02. The molecule has 0 unspecified atom stereocenters. The third-order valence-corrected chi connectivity index (χ3v) is 5.77. The normalized spacial score (nSPS) is 10.5. The molecule has 2 aromatic heterocycles. The Bertz CT molecular complexity index is 626. The first-order valence-electron chi connectivity index (χ1n) is 7.19. The number of amides is 1. The number of hydrogen-bond donors (Lipinski definition) is 1. The highest BCUT2D eigenvalue weighted by Crippen LogP contribution is 2.22. The van der Waals surface area contributed by atoms with Gasteiger partial charge < -0.3 is 10.1 Å². The molecule has 124 valence electrons. The van der Waals surface area contributed by atoms with Crippen molar-refractivity contribution in [1.82, 2.24) is 10.3 Å². The van der Waals surface area contributed by atoms with Gasteiger partial charge in [-0.2, -0.15) is 0 Å². The number of thiazole rings is 1. The largest absolute Gasteiger partial charge is 0.466 e. The first-order valence-corrected chi connectivity index (χ1v) is 9.93. The van der Waals surface area contributed by atoms with E-state index >= 15 is 0 Å². The molecule has 2 aromatic rings. The lowest BCUT2D eigenvalue weighted by molar-refractivity contribution is -0.142. The van der Waals surface area contributed by atoms with Crippen LogP contribution in [-0.2, 0) is 27.2 Å². The number of ether oxygens (including phenoxy) is 1. The predicted molar refractivity (Wildman–Crippen MR) is 94.2 cm³/mol. The average molecular weight is 371 g/mol. The third-order valence-electron chi connectivity index (χ3n) is 2.76. The van der Waals surface area contributed by atoms with Gasteiger partial charge in [0.05, 0.1) is 24.5 Å². The van der Waals surface area contributed by atoms with E-state index in [0.29, 0.717) is 24.6 Å². The van der Waals surface area contributed by atoms with Crippen LogP contribution in [0.25, 0.3) is 0 Å². The SMILES string of the molecule is CCOC(=O)Cc1csc(SCC(=O)NCCc2cccs2)n1. The number of rotatable bonds is 9. The van der Waals surface area contributed by atoms with Crippen molar-refractivity contribution in [2.24, 2.45) is 0 Å². The fourth-order valence-corrected chi connectivity index (χ4v) is 4.14. The molecule has 0 aliphatic heterocycles. The van der Waals surface area contributed by atoms with Crippen molar-refractivity contribution >= 4 is 46.3 Å². The number of hydrogen-bond acceptors (Lipinski definition) is 7. The lowest BCUT2D eigenvalue weighted by Crippen LogP contribution is -2.27. The number of nitrogens with zero attached hydrogens (tertiary/aromatic N) is 1. The summed E-state index contributed by atoms with van der Waals surface area (Å²) < 4.78 is 5.67. The monoisotopic (exact) mass is 370 g/mol. The van der Waals surface area contributed by atoms with E-state index in [0.717, 1.165) is 10.8 Å². The van der Waals surface area contributed by atoms with Gasteiger partial charge in [0.1, 0.15) is 0 Å². The first-order chi connectivity index (χ1) is 11.2. The second kappa shape index (κ2) is 9.69. The van der Waals surface area contributed by atoms with Crippen LogP contribution in [0.4, 0.5) is 0 Å². The Labute approximate surface area is 147 Å². The minimum atomic E-state index is -0.277. The lowest BCUT2D eigenvalue weighted by atomic mass is 10.3. The number of thiophene rings is 1. The average Bonchev–Trinajstić information content (AvgIpc) is 3.17. The highest BCUT2D eigenvalue weighted by atomic mass is 32.2. The quantitative estimate of drug-likeness (QED) is 0.543. The van der Waals surface area contributed by atoms with Crippen LogP contribution < -0.4 is 5.32 Å². The molecule has 0 saturated carbocycles. The van der Waals surface area contributed by atoms with Gasteiger partial charge in [0.2, 0.25) is 5.91 Å². The molecule has 0 saturated heterocycles. The van der Waals surface area contributed by atoms with E-state index in [1.165, 1.54) is 28.0 Å². The molecule has 23 heavy (non-hydrogen) atoms. The van der Waals surface area contributed by atoms with Gasteiger partial charge in [-0.25, -0.2) is 4.98 Å². The highest BCUT2D eigenvalue weighted by Gasteiger charge is 2.10. The van der Waals surface area contributed by atoms with Crippen molar-refractivity contribution in [2.45, 2.75) is 24.1 Å². The summed E-state index contributed by atoms with van der Waals surface area (Å²) in [5.74, 6) is 0.0472. The van der Waals surface area contributed by atoms with Gasteiger partial charge in [-0.1, -0.05) is 17.8 Å². The first kappa shape index (κ1) is 18.0. The van der Waals surface area contributed by atoms with E-state index in [1.807, 2.05) is 16.8 Å². The zero-order valence-electron chi connectivity index (χ0n) is 12.7. The number of thioether (sulfide) groups is 1. The van der Waals surface area contributed by atoms with Crippen molar-refractivity contribution in [1.29, 1.82) is 0 Å². The molecular formula is C15H18N2O3S3. The van der Waals surface area contributed by atoms with E-state index in [9.17, 15) is 9.59 Å². The maximum Gasteiger partial charge on any atom is 0.311 e. The van der Waals surface area contributed by atoms with Crippen LogP contribution in [0.15, 0.2) is 27.2 Å². The zero-order chi connectivity index (χ0) is 16.5. The van der Waals surface area contributed by atoms with Gasteiger partial charge in [-0.15, -0.1) is 22.7 Å². The summed E-state index contributed by atoms with van der Waals surface area (Å²) in [7, 11) is 0. The second-order valence-electron chi connectivity index (χ2n) is 4.55. The Morgan fingerprint density at radius 2 is 2.26 bits per heavy atom. The maximum atomic E-state index is 11.8. The molecular weight excluding hydrogens is 352 g/mol. The van der Waals surface area contributed by atoms with E-state index in [2.05, 4.69) is 16.4 Å². The van der Waals surface area contributed by atoms with Crippen molar-refractivity contribution in [3.63, 3.8) is 0 Å². The number of nitrogens with one attached hydrogen (secondary N) is 1. The van der Waals surface area contributed by atoms with Crippen LogP contribution in [0.2, 0.25) is 0 Å². The summed E-state index contributed by atoms with van der Waals surface area (Å²) in [6.07, 6.45) is 1.03. The molecule has 8 heteroatoms. The number of esters is 1. The van der Waals surface area contributed by atoms with Crippen LogP contribution in [0.1, 0.15) is 17.5 Å². The number of carbonyl (C=O) groups is 2. The standard InChI is InChI=1S/C15H18N2O3S3/c1-2-20-14(19)8-11-9-22-15(17-11)23-10-13(18)16-6-5-12-4-3-7-21-12/h3-4,7,9H,2,5-6,8,10H2,1H3,(H,16,18). The molecule has 0 fully saturated rings. The van der Waals surface area contributed by atoms with Crippen molar-refractivity contribution in [3.8, 4) is 0 Å². The molecule has 0 bridgehead atoms. The summed E-state index contributed by atoms with van der Waals surface area (Å²) in [4.78, 5) is 28.8. The van der Waals surface area contributed by atoms with Crippen molar-refractivity contribution < 1.29 is 14.3 Å². The molecule has 0 aliphatic rings. The summed E-state index contributed by atoms with van der Waals surface area (Å²) in [5.41, 5.74) is 0.689. The van der Waals surface area contributed by atoms with Crippen LogP contribution in [0, 0.1) is 0 Å². The Morgan fingerprint density at radius 1 is 1.39 bits per heavy atom. The van der Waals surface area contributed by atoms with Crippen LogP contribution >= 0.6 is 34.4 Å². The van der Waals surface area contributed by atoms with E-state index in [4.69, 9.17) is 4.74 Å². The molecule has 1 amide bonds. The fourth-order valence-electron chi connectivity index (χ4n) is 1.75. The van der Waals surface area contributed by atoms with Crippen LogP contribution in [0.3, 0.4) is 0 Å². The molecule has 0 spiro atoms. The van der Waals surface area contributed by atoms with Gasteiger partial charge in [0.15, 0.2) is 4.34 Å². The zero-order valence-corrected chi connectivity index (χ0v) is 15.2. The predicted octanol–water partition coefficient (Wildman–Crippen LogP) is 2.76. The third kappa shape index (κ3) is 6.72. The van der Waals surface area contributed by atoms with Crippen LogP contribution in [0.5, 0.6) is 0 Å². The molecule has 1 N–H and O–H groups in total. The minimum Gasteiger partial charge on any atom is -0.466 e. The summed E-state index contributed by atoms with van der Waals surface area (Å²) in [6, 6.07) is 4.07. The Balaban J connectivity index is 1.66. The smallest absolute Gasteiger partial charge is 0.311 e. The van der Waals surface area contributed by atoms with Gasteiger partial charge in [-0.3, -0.25) is 9.59 Å². The topological polar surface area (TPSA) is 68.3 Å². The molecule has 0 atom stereocenters. The summed E-state index contributed by atoms with van der Waals surface area (Å²) >= 11 is 4.52. The Kier molecular flexibility index (Phi) is 7.57. The van der Waals surface area contributed by atoms with Crippen molar-refractivity contribution in [2.75, 3.05) is 18.9 Å². The molecule has 0 aliphatic carbocycles. The van der Waals surface area contributed by atoms with Crippen LogP contribution in [-0.4, -0.2) is 35.8 Å². The molecule has 2 rings (SSSR count). The van der Waals surface area contributed by atoms with Gasteiger partial charge >= 0.3 is 5.97 Å². The Morgan fingerprint density at radius 3 is 3.00 bits per heavy atom. The number of carbonyl (C=O) groups excluding carboxylic acids is 2. The molecule has 0 aromatic carbocycles. The van der Waals surface area contributed by atoms with Gasteiger partial charge in [-0.05, 0) is 24.8 Å². The Hall–Kier alpha value is -1.38. The maximum absolute atomic E-state index is 11.8. The van der Waals surface area contributed by atoms with E-state index in [1.54, 1.807) is 18.3 Å². The molecule has 0 radical (unpaired) electrons. The van der Waals surface area contributed by atoms with E-state index in [-0.39, 0.29) is 18.3 Å². The fraction of sp³-hybridized carbons (Fsp3) is 0.400. The highest BCUT2D eigenvalue weighted by molar-refractivity contribution is 8.01. The van der Waals surface area contributed by atoms with E-state index < -0.39 is 0 Å². The molecule has 2 heterocycles. The summed E-state index contributed by atoms with van der Waals surface area (Å²) in [6.45, 7) is 2.79. The minimum absolute atomic E-state index is 0.00583.